The Morgan fingerprint density at radius 3 is 2.51 bits per heavy atom. The number of carbonyl (C=O) groups excluding carboxylic acids is 1. The summed E-state index contributed by atoms with van der Waals surface area (Å²) in [6.07, 6.45) is 4.31. The fourth-order valence-electron chi connectivity index (χ4n) is 5.02. The molecule has 0 aliphatic carbocycles. The number of para-hydroxylation sites is 1. The number of fused-ring (bicyclic) bond motifs is 1. The van der Waals surface area contributed by atoms with Crippen molar-refractivity contribution in [1.82, 2.24) is 9.47 Å². The normalized spacial score (nSPS) is 15.1. The van der Waals surface area contributed by atoms with Gasteiger partial charge in [-0.2, -0.15) is 0 Å². The summed E-state index contributed by atoms with van der Waals surface area (Å²) in [4.78, 5) is 14.6. The first-order chi connectivity index (χ1) is 17.0. The minimum absolute atomic E-state index is 0.0359. The predicted molar refractivity (Wildman–Crippen MR) is 140 cm³/mol. The van der Waals surface area contributed by atoms with Crippen molar-refractivity contribution in [3.8, 4) is 5.69 Å². The summed E-state index contributed by atoms with van der Waals surface area (Å²) in [6.45, 7) is 6.67. The molecule has 1 aliphatic rings. The third-order valence-corrected chi connectivity index (χ3v) is 7.02. The number of carbonyl (C=O) groups is 1. The molecule has 180 valence electrons. The highest BCUT2D eigenvalue weighted by molar-refractivity contribution is 5.92. The number of hydrogen-bond donors (Lipinski definition) is 1. The van der Waals surface area contributed by atoms with E-state index < -0.39 is 0 Å². The highest BCUT2D eigenvalue weighted by Crippen LogP contribution is 2.32. The van der Waals surface area contributed by atoms with E-state index in [-0.39, 0.29) is 17.6 Å². The number of piperidine rings is 1. The van der Waals surface area contributed by atoms with E-state index in [2.05, 4.69) is 45.2 Å². The third-order valence-electron chi connectivity index (χ3n) is 7.02. The van der Waals surface area contributed by atoms with Gasteiger partial charge in [0.05, 0.1) is 5.52 Å². The van der Waals surface area contributed by atoms with Gasteiger partial charge >= 0.3 is 0 Å². The molecule has 5 heteroatoms. The highest BCUT2D eigenvalue weighted by Gasteiger charge is 2.22. The summed E-state index contributed by atoms with van der Waals surface area (Å²) in [6, 6.07) is 23.5. The van der Waals surface area contributed by atoms with E-state index in [1.165, 1.54) is 11.1 Å². The van der Waals surface area contributed by atoms with Crippen LogP contribution in [0, 0.1) is 11.7 Å². The Morgan fingerprint density at radius 2 is 1.77 bits per heavy atom. The van der Waals surface area contributed by atoms with Crippen LogP contribution < -0.4 is 5.32 Å². The summed E-state index contributed by atoms with van der Waals surface area (Å²) in [5.41, 5.74) is 5.34. The van der Waals surface area contributed by atoms with E-state index in [1.807, 2.05) is 50.2 Å². The first-order valence-corrected chi connectivity index (χ1v) is 12.5. The molecule has 1 N–H and O–H groups in total. The lowest BCUT2D eigenvalue weighted by atomic mass is 9.89. The molecule has 3 aromatic carbocycles. The van der Waals surface area contributed by atoms with Crippen LogP contribution in [0.15, 0.2) is 79.0 Å². The molecule has 0 saturated carbocycles. The SMILES string of the molecule is CC(C)C(=O)Nc1cccc(C2CCN(Cc3cn(-c4ccccc4)c4cc(F)ccc34)CC2)c1. The van der Waals surface area contributed by atoms with Gasteiger partial charge in [0, 0.05) is 35.4 Å². The largest absolute Gasteiger partial charge is 0.326 e. The second-order valence-electron chi connectivity index (χ2n) is 9.84. The van der Waals surface area contributed by atoms with Gasteiger partial charge < -0.3 is 9.88 Å². The number of likely N-dealkylation sites (tertiary alicyclic amines) is 1. The van der Waals surface area contributed by atoms with E-state index in [1.54, 1.807) is 12.1 Å². The van der Waals surface area contributed by atoms with Crippen molar-refractivity contribution < 1.29 is 9.18 Å². The number of nitrogens with one attached hydrogen (secondary N) is 1. The standard InChI is InChI=1S/C30H32FN3O/c1-21(2)30(35)32-26-8-6-7-23(17-26)22-13-15-33(16-14-22)19-24-20-34(27-9-4-3-5-10-27)29-18-25(31)11-12-28(24)29/h3-12,17-18,20-22H,13-16,19H2,1-2H3,(H,32,35). The maximum atomic E-state index is 14.1. The van der Waals surface area contributed by atoms with Crippen LogP contribution in [-0.4, -0.2) is 28.5 Å². The summed E-state index contributed by atoms with van der Waals surface area (Å²) < 4.78 is 16.2. The lowest BCUT2D eigenvalue weighted by Crippen LogP contribution is -2.32. The van der Waals surface area contributed by atoms with Crippen LogP contribution in [0.4, 0.5) is 10.1 Å². The van der Waals surface area contributed by atoms with Gasteiger partial charge in [0.25, 0.3) is 0 Å². The van der Waals surface area contributed by atoms with Crippen molar-refractivity contribution in [1.29, 1.82) is 0 Å². The molecule has 2 heterocycles. The number of rotatable bonds is 6. The number of benzene rings is 3. The average Bonchev–Trinajstić information content (AvgIpc) is 3.22. The Morgan fingerprint density at radius 1 is 1.00 bits per heavy atom. The third kappa shape index (κ3) is 5.15. The second-order valence-corrected chi connectivity index (χ2v) is 9.84. The van der Waals surface area contributed by atoms with E-state index in [9.17, 15) is 9.18 Å². The van der Waals surface area contributed by atoms with Crippen molar-refractivity contribution in [3.05, 3.63) is 95.9 Å². The molecule has 4 aromatic rings. The molecule has 1 amide bonds. The zero-order valence-corrected chi connectivity index (χ0v) is 20.4. The van der Waals surface area contributed by atoms with Gasteiger partial charge in [-0.1, -0.05) is 44.2 Å². The monoisotopic (exact) mass is 469 g/mol. The zero-order chi connectivity index (χ0) is 24.4. The van der Waals surface area contributed by atoms with Crippen molar-refractivity contribution in [2.45, 2.75) is 39.2 Å². The first kappa shape index (κ1) is 23.3. The Kier molecular flexibility index (Phi) is 6.69. The Hall–Kier alpha value is -3.44. The summed E-state index contributed by atoms with van der Waals surface area (Å²) in [5, 5.41) is 4.12. The molecular weight excluding hydrogens is 437 g/mol. The van der Waals surface area contributed by atoms with Crippen LogP contribution >= 0.6 is 0 Å². The molecule has 4 nitrogen and oxygen atoms in total. The Labute approximate surface area is 206 Å². The molecule has 1 aliphatic heterocycles. The lowest BCUT2D eigenvalue weighted by molar-refractivity contribution is -0.118. The number of anilines is 1. The Bertz CT molecular complexity index is 1320. The molecule has 1 saturated heterocycles. The number of halogens is 1. The zero-order valence-electron chi connectivity index (χ0n) is 20.4. The van der Waals surface area contributed by atoms with Crippen LogP contribution in [0.2, 0.25) is 0 Å². The molecule has 0 radical (unpaired) electrons. The molecule has 1 fully saturated rings. The molecule has 0 bridgehead atoms. The van der Waals surface area contributed by atoms with Crippen molar-refractivity contribution in [2.24, 2.45) is 5.92 Å². The van der Waals surface area contributed by atoms with Crippen molar-refractivity contribution in [2.75, 3.05) is 18.4 Å². The number of aromatic nitrogens is 1. The minimum atomic E-state index is -0.216. The highest BCUT2D eigenvalue weighted by atomic mass is 19.1. The quantitative estimate of drug-likeness (QED) is 0.339. The minimum Gasteiger partial charge on any atom is -0.326 e. The molecule has 35 heavy (non-hydrogen) atoms. The number of amides is 1. The van der Waals surface area contributed by atoms with Gasteiger partial charge in [-0.25, -0.2) is 4.39 Å². The molecule has 1 aromatic heterocycles. The summed E-state index contributed by atoms with van der Waals surface area (Å²) in [7, 11) is 0. The van der Waals surface area contributed by atoms with Crippen LogP contribution in [0.5, 0.6) is 0 Å². The molecule has 0 atom stereocenters. The van der Waals surface area contributed by atoms with E-state index in [0.29, 0.717) is 5.92 Å². The molecule has 0 spiro atoms. The molecular formula is C30H32FN3O. The van der Waals surface area contributed by atoms with Crippen molar-refractivity contribution >= 4 is 22.5 Å². The summed E-state index contributed by atoms with van der Waals surface area (Å²) in [5.74, 6) is 0.284. The van der Waals surface area contributed by atoms with Crippen LogP contribution in [0.3, 0.4) is 0 Å². The van der Waals surface area contributed by atoms with Gasteiger partial charge in [0.1, 0.15) is 5.82 Å². The lowest BCUT2D eigenvalue weighted by Gasteiger charge is -2.32. The number of nitrogens with zero attached hydrogens (tertiary/aromatic N) is 2. The maximum absolute atomic E-state index is 14.1. The number of hydrogen-bond acceptors (Lipinski definition) is 2. The smallest absolute Gasteiger partial charge is 0.226 e. The van der Waals surface area contributed by atoms with Crippen molar-refractivity contribution in [3.63, 3.8) is 0 Å². The average molecular weight is 470 g/mol. The van der Waals surface area contributed by atoms with E-state index >= 15 is 0 Å². The topological polar surface area (TPSA) is 37.3 Å². The van der Waals surface area contributed by atoms with Gasteiger partial charge in [-0.05, 0) is 85.4 Å². The first-order valence-electron chi connectivity index (χ1n) is 12.5. The predicted octanol–water partition coefficient (Wildman–Crippen LogP) is 6.74. The van der Waals surface area contributed by atoms with E-state index in [0.717, 1.165) is 54.8 Å². The van der Waals surface area contributed by atoms with Gasteiger partial charge in [0.15, 0.2) is 0 Å². The Balaban J connectivity index is 1.29. The van der Waals surface area contributed by atoms with Gasteiger partial charge in [-0.15, -0.1) is 0 Å². The van der Waals surface area contributed by atoms with Gasteiger partial charge in [0.2, 0.25) is 5.91 Å². The van der Waals surface area contributed by atoms with E-state index in [4.69, 9.17) is 0 Å². The van der Waals surface area contributed by atoms with Gasteiger partial charge in [-0.3, -0.25) is 9.69 Å². The second kappa shape index (κ2) is 10.0. The van der Waals surface area contributed by atoms with Crippen LogP contribution in [0.25, 0.3) is 16.6 Å². The maximum Gasteiger partial charge on any atom is 0.226 e. The summed E-state index contributed by atoms with van der Waals surface area (Å²) >= 11 is 0. The molecule has 5 rings (SSSR count). The molecule has 0 unspecified atom stereocenters. The fraction of sp³-hybridized carbons (Fsp3) is 0.300. The fourth-order valence-corrected chi connectivity index (χ4v) is 5.02. The van der Waals surface area contributed by atoms with Crippen LogP contribution in [0.1, 0.15) is 43.7 Å². The van der Waals surface area contributed by atoms with Crippen LogP contribution in [-0.2, 0) is 11.3 Å².